The fourth-order valence-corrected chi connectivity index (χ4v) is 2.29. The zero-order chi connectivity index (χ0) is 17.4. The molecule has 0 fully saturated rings. The molecule has 2 aromatic rings. The highest BCUT2D eigenvalue weighted by Gasteiger charge is 2.08. The lowest BCUT2D eigenvalue weighted by Crippen LogP contribution is -2.38. The highest BCUT2D eigenvalue weighted by molar-refractivity contribution is 5.79. The van der Waals surface area contributed by atoms with Gasteiger partial charge in [0.2, 0.25) is 0 Å². The molecule has 0 saturated heterocycles. The topological polar surface area (TPSA) is 67.6 Å². The van der Waals surface area contributed by atoms with Crippen molar-refractivity contribution >= 4 is 5.96 Å². The molecule has 1 N–H and O–H groups in total. The Morgan fingerprint density at radius 2 is 2.04 bits per heavy atom. The molecule has 1 heterocycles. The Morgan fingerprint density at radius 3 is 2.62 bits per heavy atom. The van der Waals surface area contributed by atoms with Gasteiger partial charge in [-0.3, -0.25) is 4.68 Å². The van der Waals surface area contributed by atoms with Crippen LogP contribution in [0.4, 0.5) is 0 Å². The lowest BCUT2D eigenvalue weighted by atomic mass is 10.2. The Morgan fingerprint density at radius 1 is 1.29 bits per heavy atom. The van der Waals surface area contributed by atoms with E-state index in [1.165, 1.54) is 5.56 Å². The van der Waals surface area contributed by atoms with Crippen LogP contribution < -0.4 is 10.1 Å². The maximum atomic E-state index is 5.48. The molecule has 7 heteroatoms. The first kappa shape index (κ1) is 17.8. The van der Waals surface area contributed by atoms with Gasteiger partial charge in [0.15, 0.2) is 5.96 Å². The molecule has 1 aromatic carbocycles. The Bertz CT molecular complexity index is 649. The number of hydrogen-bond donors (Lipinski definition) is 1. The van der Waals surface area contributed by atoms with Crippen molar-refractivity contribution in [2.24, 2.45) is 12.0 Å². The van der Waals surface area contributed by atoms with E-state index in [1.54, 1.807) is 11.0 Å². The van der Waals surface area contributed by atoms with Crippen molar-refractivity contribution in [3.63, 3.8) is 0 Å². The van der Waals surface area contributed by atoms with Crippen LogP contribution >= 0.6 is 0 Å². The standard InChI is InChI=1S/C17H26N6O/c1-5-18-17(19-11-16-20-13-21-23(16)4)22(3)12-14-7-9-15(10-8-14)24-6-2/h7-10,13H,5-6,11-12H2,1-4H3,(H,18,19). The van der Waals surface area contributed by atoms with Crippen molar-refractivity contribution in [3.05, 3.63) is 42.0 Å². The number of aromatic nitrogens is 3. The van der Waals surface area contributed by atoms with Crippen LogP contribution in [0.25, 0.3) is 0 Å². The summed E-state index contributed by atoms with van der Waals surface area (Å²) >= 11 is 0. The van der Waals surface area contributed by atoms with Crippen LogP contribution in [-0.4, -0.2) is 45.8 Å². The van der Waals surface area contributed by atoms with Crippen molar-refractivity contribution in [2.45, 2.75) is 26.9 Å². The zero-order valence-electron chi connectivity index (χ0n) is 14.9. The number of guanidine groups is 1. The number of nitrogens with one attached hydrogen (secondary N) is 1. The number of hydrogen-bond acceptors (Lipinski definition) is 4. The van der Waals surface area contributed by atoms with Gasteiger partial charge in [0.05, 0.1) is 6.61 Å². The van der Waals surface area contributed by atoms with Crippen LogP contribution in [0.1, 0.15) is 25.2 Å². The summed E-state index contributed by atoms with van der Waals surface area (Å²) in [5.41, 5.74) is 1.20. The average Bonchev–Trinajstić information content (AvgIpc) is 2.98. The summed E-state index contributed by atoms with van der Waals surface area (Å²) in [6, 6.07) is 8.15. The fraction of sp³-hybridized carbons (Fsp3) is 0.471. The Hall–Kier alpha value is -2.57. The molecule has 0 aliphatic carbocycles. The molecule has 1 aromatic heterocycles. The van der Waals surface area contributed by atoms with Gasteiger partial charge in [0, 0.05) is 27.2 Å². The predicted octanol–water partition coefficient (Wildman–Crippen LogP) is 1.81. The predicted molar refractivity (Wildman–Crippen MR) is 94.9 cm³/mol. The van der Waals surface area contributed by atoms with Gasteiger partial charge in [-0.15, -0.1) is 0 Å². The first-order valence-corrected chi connectivity index (χ1v) is 8.18. The van der Waals surface area contributed by atoms with Crippen LogP contribution in [0.5, 0.6) is 5.75 Å². The van der Waals surface area contributed by atoms with Gasteiger partial charge in [0.25, 0.3) is 0 Å². The van der Waals surface area contributed by atoms with Crippen molar-refractivity contribution in [3.8, 4) is 5.75 Å². The van der Waals surface area contributed by atoms with Crippen LogP contribution in [-0.2, 0) is 20.1 Å². The summed E-state index contributed by atoms with van der Waals surface area (Å²) in [4.78, 5) is 10.9. The lowest BCUT2D eigenvalue weighted by Gasteiger charge is -2.22. The van der Waals surface area contributed by atoms with Gasteiger partial charge >= 0.3 is 0 Å². The van der Waals surface area contributed by atoms with E-state index >= 15 is 0 Å². The molecule has 0 aliphatic heterocycles. The van der Waals surface area contributed by atoms with Crippen LogP contribution in [0, 0.1) is 0 Å². The van der Waals surface area contributed by atoms with E-state index in [9.17, 15) is 0 Å². The molecule has 0 radical (unpaired) electrons. The summed E-state index contributed by atoms with van der Waals surface area (Å²) in [6.07, 6.45) is 1.54. The Balaban J connectivity index is 2.02. The first-order chi connectivity index (χ1) is 11.6. The second kappa shape index (κ2) is 8.90. The van der Waals surface area contributed by atoms with Crippen molar-refractivity contribution in [1.82, 2.24) is 25.0 Å². The molecule has 0 aliphatic rings. The molecule has 0 amide bonds. The van der Waals surface area contributed by atoms with Crippen molar-refractivity contribution < 1.29 is 4.74 Å². The third-order valence-corrected chi connectivity index (χ3v) is 3.53. The number of ether oxygens (including phenoxy) is 1. The summed E-state index contributed by atoms with van der Waals surface area (Å²) in [5, 5.41) is 7.38. The number of aryl methyl sites for hydroxylation is 1. The largest absolute Gasteiger partial charge is 0.494 e. The molecular formula is C17H26N6O. The number of nitrogens with zero attached hydrogens (tertiary/aromatic N) is 5. The maximum Gasteiger partial charge on any atom is 0.194 e. The smallest absolute Gasteiger partial charge is 0.194 e. The second-order valence-corrected chi connectivity index (χ2v) is 5.40. The molecule has 0 bridgehead atoms. The minimum absolute atomic E-state index is 0.493. The molecule has 0 spiro atoms. The second-order valence-electron chi connectivity index (χ2n) is 5.40. The van der Waals surface area contributed by atoms with Crippen molar-refractivity contribution in [2.75, 3.05) is 20.2 Å². The van der Waals surface area contributed by atoms with E-state index in [2.05, 4.69) is 44.3 Å². The molecule has 130 valence electrons. The van der Waals surface area contributed by atoms with Gasteiger partial charge in [-0.2, -0.15) is 5.10 Å². The quantitative estimate of drug-likeness (QED) is 0.619. The van der Waals surface area contributed by atoms with Crippen LogP contribution in [0.2, 0.25) is 0 Å². The minimum atomic E-state index is 0.493. The minimum Gasteiger partial charge on any atom is -0.494 e. The first-order valence-electron chi connectivity index (χ1n) is 8.18. The van der Waals surface area contributed by atoms with Gasteiger partial charge < -0.3 is 15.0 Å². The van der Waals surface area contributed by atoms with E-state index in [0.29, 0.717) is 13.2 Å². The monoisotopic (exact) mass is 330 g/mol. The zero-order valence-corrected chi connectivity index (χ0v) is 14.9. The molecule has 0 atom stereocenters. The van der Waals surface area contributed by atoms with E-state index < -0.39 is 0 Å². The SMILES string of the molecule is CCNC(=NCc1ncnn1C)N(C)Cc1ccc(OCC)cc1. The average molecular weight is 330 g/mol. The molecule has 0 unspecified atom stereocenters. The fourth-order valence-electron chi connectivity index (χ4n) is 2.29. The van der Waals surface area contributed by atoms with Gasteiger partial charge in [-0.05, 0) is 31.5 Å². The lowest BCUT2D eigenvalue weighted by molar-refractivity contribution is 0.340. The summed E-state index contributed by atoms with van der Waals surface area (Å²) in [5.74, 6) is 2.57. The van der Waals surface area contributed by atoms with E-state index in [-0.39, 0.29) is 0 Å². The van der Waals surface area contributed by atoms with E-state index in [4.69, 9.17) is 4.74 Å². The summed E-state index contributed by atoms with van der Waals surface area (Å²) < 4.78 is 7.21. The van der Waals surface area contributed by atoms with Crippen molar-refractivity contribution in [1.29, 1.82) is 0 Å². The third kappa shape index (κ3) is 4.97. The van der Waals surface area contributed by atoms with Gasteiger partial charge in [0.1, 0.15) is 24.4 Å². The van der Waals surface area contributed by atoms with Crippen LogP contribution in [0.15, 0.2) is 35.6 Å². The molecule has 24 heavy (non-hydrogen) atoms. The number of rotatable bonds is 7. The molecular weight excluding hydrogens is 304 g/mol. The Labute approximate surface area is 143 Å². The highest BCUT2D eigenvalue weighted by Crippen LogP contribution is 2.13. The maximum absolute atomic E-state index is 5.48. The number of benzene rings is 1. The highest BCUT2D eigenvalue weighted by atomic mass is 16.5. The molecule has 0 saturated carbocycles. The number of aliphatic imine (C=N–C) groups is 1. The van der Waals surface area contributed by atoms with Gasteiger partial charge in [-0.25, -0.2) is 9.98 Å². The summed E-state index contributed by atoms with van der Waals surface area (Å²) in [7, 11) is 3.89. The molecule has 2 rings (SSSR count). The Kier molecular flexibility index (Phi) is 6.60. The van der Waals surface area contributed by atoms with E-state index in [0.717, 1.165) is 30.6 Å². The van der Waals surface area contributed by atoms with Crippen LogP contribution in [0.3, 0.4) is 0 Å². The van der Waals surface area contributed by atoms with E-state index in [1.807, 2.05) is 33.2 Å². The third-order valence-electron chi connectivity index (χ3n) is 3.53. The molecule has 7 nitrogen and oxygen atoms in total. The normalized spacial score (nSPS) is 11.4. The summed E-state index contributed by atoms with van der Waals surface area (Å²) in [6.45, 7) is 6.79. The van der Waals surface area contributed by atoms with Gasteiger partial charge in [-0.1, -0.05) is 12.1 Å².